The summed E-state index contributed by atoms with van der Waals surface area (Å²) in [6.07, 6.45) is 12.5. The molecule has 5 heteroatoms. The van der Waals surface area contributed by atoms with Crippen molar-refractivity contribution in [3.05, 3.63) is 65.3 Å². The number of hydrogen-bond acceptors (Lipinski definition) is 3. The molecule has 0 spiro atoms. The van der Waals surface area contributed by atoms with Gasteiger partial charge in [-0.2, -0.15) is 0 Å². The molecule has 1 aliphatic heterocycles. The normalized spacial score (nSPS) is 22.7. The van der Waals surface area contributed by atoms with E-state index in [-0.39, 0.29) is 12.5 Å². The number of rotatable bonds is 2. The molecule has 1 aromatic carbocycles. The summed E-state index contributed by atoms with van der Waals surface area (Å²) >= 11 is 0. The molecule has 3 aliphatic rings. The van der Waals surface area contributed by atoms with Crippen LogP contribution in [-0.2, 0) is 16.0 Å². The van der Waals surface area contributed by atoms with Gasteiger partial charge in [0.25, 0.3) is 0 Å². The first-order chi connectivity index (χ1) is 15.3. The lowest BCUT2D eigenvalue weighted by Crippen LogP contribution is -2.44. The van der Waals surface area contributed by atoms with Gasteiger partial charge in [-0.1, -0.05) is 54.1 Å². The lowest BCUT2D eigenvalue weighted by Gasteiger charge is -2.33. The van der Waals surface area contributed by atoms with Crippen molar-refractivity contribution in [1.29, 1.82) is 0 Å². The van der Waals surface area contributed by atoms with Crippen molar-refractivity contribution in [2.24, 2.45) is 11.8 Å². The summed E-state index contributed by atoms with van der Waals surface area (Å²) in [5.74, 6) is 0.891. The predicted octanol–water partition coefficient (Wildman–Crippen LogP) is 4.89. The van der Waals surface area contributed by atoms with Crippen LogP contribution >= 0.6 is 0 Å². The van der Waals surface area contributed by atoms with Gasteiger partial charge in [0.2, 0.25) is 5.91 Å². The summed E-state index contributed by atoms with van der Waals surface area (Å²) in [6, 6.07) is 8.82. The number of likely N-dealkylation sites (tertiary alicyclic amines) is 1. The highest BCUT2D eigenvalue weighted by atomic mass is 16.6. The lowest BCUT2D eigenvalue weighted by molar-refractivity contribution is -0.130. The van der Waals surface area contributed by atoms with Crippen LogP contribution < -0.4 is 5.32 Å². The minimum Gasteiger partial charge on any atom is -0.444 e. The molecule has 1 aromatic rings. The molecule has 0 radical (unpaired) electrons. The van der Waals surface area contributed by atoms with Gasteiger partial charge in [-0.25, -0.2) is 4.79 Å². The van der Waals surface area contributed by atoms with Crippen LogP contribution in [-0.4, -0.2) is 42.1 Å². The number of amides is 2. The monoisotopic (exact) mass is 434 g/mol. The van der Waals surface area contributed by atoms with Crippen LogP contribution in [0.5, 0.6) is 0 Å². The third-order valence-corrected chi connectivity index (χ3v) is 6.52. The number of alkyl carbamates (subject to hydrolysis) is 1. The van der Waals surface area contributed by atoms with Crippen LogP contribution in [0, 0.1) is 11.8 Å². The number of allylic oxidation sites excluding steroid dienone is 5. The molecule has 170 valence electrons. The standard InChI is InChI=1S/C27H34N2O3/c1-27(2,3)32-26(31)28-18-24(30)29-16-14-21(15-17-29)25-22-10-6-4-8-19(22)12-13-20-9-5-7-11-23(20)25/h4-11,19,22H,12-18H2,1-3H3,(H,28,31). The van der Waals surface area contributed by atoms with Crippen molar-refractivity contribution >= 4 is 17.6 Å². The number of carbonyl (C=O) groups is 2. The molecule has 1 fully saturated rings. The largest absolute Gasteiger partial charge is 0.444 e. The van der Waals surface area contributed by atoms with Gasteiger partial charge in [-0.3, -0.25) is 4.79 Å². The van der Waals surface area contributed by atoms with E-state index in [1.54, 1.807) is 0 Å². The Morgan fingerprint density at radius 1 is 1.06 bits per heavy atom. The van der Waals surface area contributed by atoms with Crippen LogP contribution in [0.25, 0.3) is 5.57 Å². The third kappa shape index (κ3) is 5.14. The average Bonchev–Trinajstić information content (AvgIpc) is 2.93. The zero-order valence-corrected chi connectivity index (χ0v) is 19.4. The van der Waals surface area contributed by atoms with Crippen LogP contribution in [0.1, 0.15) is 51.2 Å². The highest BCUT2D eigenvalue weighted by molar-refractivity contribution is 5.83. The summed E-state index contributed by atoms with van der Waals surface area (Å²) in [6.45, 7) is 6.77. The van der Waals surface area contributed by atoms with E-state index in [0.29, 0.717) is 24.9 Å². The summed E-state index contributed by atoms with van der Waals surface area (Å²) in [5.41, 5.74) is 5.20. The number of carbonyl (C=O) groups excluding carboxylic acids is 2. The number of piperidine rings is 1. The molecule has 0 bridgehead atoms. The Morgan fingerprint density at radius 2 is 1.78 bits per heavy atom. The molecular weight excluding hydrogens is 400 g/mol. The molecule has 1 heterocycles. The van der Waals surface area contributed by atoms with Crippen molar-refractivity contribution in [2.45, 2.75) is 52.1 Å². The van der Waals surface area contributed by atoms with Crippen molar-refractivity contribution in [3.63, 3.8) is 0 Å². The summed E-state index contributed by atoms with van der Waals surface area (Å²) in [7, 11) is 0. The van der Waals surface area contributed by atoms with Crippen LogP contribution in [0.15, 0.2) is 54.1 Å². The highest BCUT2D eigenvalue weighted by Crippen LogP contribution is 2.44. The van der Waals surface area contributed by atoms with Crippen molar-refractivity contribution in [1.82, 2.24) is 10.2 Å². The van der Waals surface area contributed by atoms with Gasteiger partial charge in [-0.15, -0.1) is 0 Å². The maximum absolute atomic E-state index is 12.7. The van der Waals surface area contributed by atoms with E-state index in [9.17, 15) is 9.59 Å². The average molecular weight is 435 g/mol. The Balaban J connectivity index is 1.46. The summed E-state index contributed by atoms with van der Waals surface area (Å²) < 4.78 is 5.23. The number of nitrogens with zero attached hydrogens (tertiary/aromatic N) is 1. The van der Waals surface area contributed by atoms with E-state index in [1.807, 2.05) is 25.7 Å². The van der Waals surface area contributed by atoms with Crippen LogP contribution in [0.4, 0.5) is 4.79 Å². The third-order valence-electron chi connectivity index (χ3n) is 6.52. The van der Waals surface area contributed by atoms with E-state index in [0.717, 1.165) is 19.3 Å². The molecule has 2 atom stereocenters. The maximum atomic E-state index is 12.7. The number of nitrogens with one attached hydrogen (secondary N) is 1. The first-order valence-electron chi connectivity index (χ1n) is 11.7. The van der Waals surface area contributed by atoms with E-state index in [2.05, 4.69) is 53.9 Å². The summed E-state index contributed by atoms with van der Waals surface area (Å²) in [5, 5.41) is 2.59. The SMILES string of the molecule is CC(C)(C)OC(=O)NCC(=O)N1CCC(=C2c3ccccc3CCC3C=CC=CC23)CC1. The van der Waals surface area contributed by atoms with E-state index in [1.165, 1.54) is 28.7 Å². The Bertz CT molecular complexity index is 957. The molecule has 32 heavy (non-hydrogen) atoms. The van der Waals surface area contributed by atoms with Crippen molar-refractivity contribution < 1.29 is 14.3 Å². The number of benzene rings is 1. The van der Waals surface area contributed by atoms with Gasteiger partial charge in [0.05, 0.1) is 0 Å². The number of fused-ring (bicyclic) bond motifs is 2. The molecule has 0 aromatic heterocycles. The van der Waals surface area contributed by atoms with E-state index >= 15 is 0 Å². The minimum absolute atomic E-state index is 0.0259. The molecule has 1 saturated heterocycles. The van der Waals surface area contributed by atoms with Crippen LogP contribution in [0.2, 0.25) is 0 Å². The number of aryl methyl sites for hydroxylation is 1. The van der Waals surface area contributed by atoms with Crippen LogP contribution in [0.3, 0.4) is 0 Å². The molecule has 1 N–H and O–H groups in total. The topological polar surface area (TPSA) is 58.6 Å². The molecule has 2 amide bonds. The Morgan fingerprint density at radius 3 is 2.53 bits per heavy atom. The molecule has 0 saturated carbocycles. The fourth-order valence-corrected chi connectivity index (χ4v) is 5.04. The Kier molecular flexibility index (Phi) is 6.54. The Labute approximate surface area is 191 Å². The van der Waals surface area contributed by atoms with Gasteiger partial charge in [0, 0.05) is 19.0 Å². The van der Waals surface area contributed by atoms with Gasteiger partial charge < -0.3 is 15.0 Å². The van der Waals surface area contributed by atoms with Gasteiger partial charge in [0.15, 0.2) is 0 Å². The second-order valence-corrected chi connectivity index (χ2v) is 9.91. The van der Waals surface area contributed by atoms with Gasteiger partial charge >= 0.3 is 6.09 Å². The number of ether oxygens (including phenoxy) is 1. The van der Waals surface area contributed by atoms with Crippen molar-refractivity contribution in [3.8, 4) is 0 Å². The predicted molar refractivity (Wildman–Crippen MR) is 127 cm³/mol. The lowest BCUT2D eigenvalue weighted by atomic mass is 9.77. The minimum atomic E-state index is -0.574. The van der Waals surface area contributed by atoms with Gasteiger partial charge in [-0.05, 0) is 69.1 Å². The molecule has 5 nitrogen and oxygen atoms in total. The first-order valence-corrected chi connectivity index (χ1v) is 11.7. The second-order valence-electron chi connectivity index (χ2n) is 9.91. The van der Waals surface area contributed by atoms with Gasteiger partial charge in [0.1, 0.15) is 12.1 Å². The zero-order chi connectivity index (χ0) is 22.7. The molecule has 2 unspecified atom stereocenters. The molecular formula is C27H34N2O3. The fraction of sp³-hybridized carbons (Fsp3) is 0.481. The quantitative estimate of drug-likeness (QED) is 0.721. The van der Waals surface area contributed by atoms with Crippen molar-refractivity contribution in [2.75, 3.05) is 19.6 Å². The fourth-order valence-electron chi connectivity index (χ4n) is 5.04. The number of hydrogen-bond donors (Lipinski definition) is 1. The summed E-state index contributed by atoms with van der Waals surface area (Å²) in [4.78, 5) is 26.4. The highest BCUT2D eigenvalue weighted by Gasteiger charge is 2.31. The maximum Gasteiger partial charge on any atom is 0.408 e. The Hall–Kier alpha value is -2.82. The smallest absolute Gasteiger partial charge is 0.408 e. The molecule has 2 aliphatic carbocycles. The van der Waals surface area contributed by atoms with E-state index in [4.69, 9.17) is 4.74 Å². The molecule has 4 rings (SSSR count). The second kappa shape index (κ2) is 9.35. The first kappa shape index (κ1) is 22.4. The van der Waals surface area contributed by atoms with E-state index < -0.39 is 11.7 Å². The zero-order valence-electron chi connectivity index (χ0n) is 19.4.